The lowest BCUT2D eigenvalue weighted by Crippen LogP contribution is -2.09. The Hall–Kier alpha value is -6.59. The van der Waals surface area contributed by atoms with Crippen LogP contribution in [0.1, 0.15) is 0 Å². The molecule has 226 valence electrons. The Morgan fingerprint density at radius 2 is 1.04 bits per heavy atom. The number of hydrogen-bond acceptors (Lipinski definition) is 5. The molecule has 0 fully saturated rings. The van der Waals surface area contributed by atoms with Crippen LogP contribution in [0.15, 0.2) is 171 Å². The summed E-state index contributed by atoms with van der Waals surface area (Å²) in [6.07, 6.45) is 0. The van der Waals surface area contributed by atoms with Gasteiger partial charge < -0.3 is 18.2 Å². The van der Waals surface area contributed by atoms with Crippen LogP contribution < -0.4 is 4.90 Å². The van der Waals surface area contributed by atoms with Gasteiger partial charge in [-0.05, 0) is 78.4 Å². The van der Waals surface area contributed by atoms with Crippen LogP contribution in [0.3, 0.4) is 0 Å². The number of anilines is 3. The molecule has 0 unspecified atom stereocenters. The van der Waals surface area contributed by atoms with Crippen molar-refractivity contribution in [3.8, 4) is 22.6 Å². The maximum Gasteiger partial charge on any atom is 0.228 e. The van der Waals surface area contributed by atoms with Crippen LogP contribution in [-0.2, 0) is 0 Å². The molecule has 5 heteroatoms. The van der Waals surface area contributed by atoms with Gasteiger partial charge in [0.15, 0.2) is 5.58 Å². The summed E-state index contributed by atoms with van der Waals surface area (Å²) in [4.78, 5) is 7.22. The maximum absolute atomic E-state index is 6.58. The molecule has 0 aliphatic carbocycles. The molecule has 0 aliphatic rings. The summed E-state index contributed by atoms with van der Waals surface area (Å²) < 4.78 is 18.8. The molecule has 0 bridgehead atoms. The molecule has 48 heavy (non-hydrogen) atoms. The molecule has 0 N–H and O–H groups in total. The Morgan fingerprint density at radius 1 is 0.417 bits per heavy atom. The Labute approximate surface area is 274 Å². The minimum absolute atomic E-state index is 0.573. The molecule has 3 aromatic heterocycles. The zero-order chi connectivity index (χ0) is 31.6. The highest BCUT2D eigenvalue weighted by Crippen LogP contribution is 2.41. The van der Waals surface area contributed by atoms with Crippen molar-refractivity contribution < 1.29 is 13.3 Å². The Morgan fingerprint density at radius 3 is 1.90 bits per heavy atom. The number of para-hydroxylation sites is 4. The first kappa shape index (κ1) is 26.6. The third-order valence-corrected chi connectivity index (χ3v) is 9.12. The molecule has 7 aromatic carbocycles. The van der Waals surface area contributed by atoms with E-state index in [-0.39, 0.29) is 0 Å². The van der Waals surface area contributed by atoms with E-state index in [1.54, 1.807) is 0 Å². The van der Waals surface area contributed by atoms with Crippen molar-refractivity contribution in [1.29, 1.82) is 0 Å². The lowest BCUT2D eigenvalue weighted by atomic mass is 10.0. The lowest BCUT2D eigenvalue weighted by molar-refractivity contribution is 0.621. The van der Waals surface area contributed by atoms with Gasteiger partial charge in [-0.1, -0.05) is 84.9 Å². The van der Waals surface area contributed by atoms with Gasteiger partial charge in [-0.25, -0.2) is 4.98 Å². The van der Waals surface area contributed by atoms with Gasteiger partial charge in [-0.2, -0.15) is 0 Å². The summed E-state index contributed by atoms with van der Waals surface area (Å²) in [6, 6.07) is 53.9. The highest BCUT2D eigenvalue weighted by atomic mass is 16.4. The van der Waals surface area contributed by atoms with Gasteiger partial charge in [-0.3, -0.25) is 0 Å². The van der Waals surface area contributed by atoms with Crippen LogP contribution in [0.25, 0.3) is 77.6 Å². The summed E-state index contributed by atoms with van der Waals surface area (Å²) in [6.45, 7) is 0. The van der Waals surface area contributed by atoms with Crippen molar-refractivity contribution in [3.63, 3.8) is 0 Å². The molecule has 0 aliphatic heterocycles. The van der Waals surface area contributed by atoms with Crippen molar-refractivity contribution in [2.75, 3.05) is 4.90 Å². The summed E-state index contributed by atoms with van der Waals surface area (Å²) in [5.74, 6) is 0.573. The zero-order valence-corrected chi connectivity index (χ0v) is 25.6. The fourth-order valence-corrected chi connectivity index (χ4v) is 6.91. The van der Waals surface area contributed by atoms with E-state index in [9.17, 15) is 0 Å². The number of furan rings is 2. The van der Waals surface area contributed by atoms with Crippen molar-refractivity contribution in [2.45, 2.75) is 0 Å². The van der Waals surface area contributed by atoms with Crippen molar-refractivity contribution in [2.24, 2.45) is 0 Å². The first-order valence-electron chi connectivity index (χ1n) is 16.0. The Bertz CT molecular complexity index is 2790. The Balaban J connectivity index is 1.07. The molecule has 0 saturated carbocycles. The van der Waals surface area contributed by atoms with Gasteiger partial charge in [-0.15, -0.1) is 0 Å². The number of oxazole rings is 1. The van der Waals surface area contributed by atoms with E-state index in [0.717, 1.165) is 88.7 Å². The van der Waals surface area contributed by atoms with Crippen molar-refractivity contribution in [3.05, 3.63) is 158 Å². The first-order chi connectivity index (χ1) is 23.8. The molecule has 3 heterocycles. The molecule has 0 amide bonds. The van der Waals surface area contributed by atoms with Gasteiger partial charge in [0.2, 0.25) is 5.89 Å². The van der Waals surface area contributed by atoms with E-state index in [1.807, 2.05) is 66.7 Å². The van der Waals surface area contributed by atoms with E-state index in [1.165, 1.54) is 0 Å². The van der Waals surface area contributed by atoms with Gasteiger partial charge in [0, 0.05) is 49.7 Å². The normalized spacial score (nSPS) is 11.8. The van der Waals surface area contributed by atoms with Crippen LogP contribution in [0, 0.1) is 0 Å². The molecular formula is C43H26N2O3. The van der Waals surface area contributed by atoms with E-state index in [4.69, 9.17) is 18.2 Å². The van der Waals surface area contributed by atoms with Crippen LogP contribution in [0.2, 0.25) is 0 Å². The highest BCUT2D eigenvalue weighted by molar-refractivity contribution is 6.12. The van der Waals surface area contributed by atoms with Crippen molar-refractivity contribution in [1.82, 2.24) is 4.98 Å². The topological polar surface area (TPSA) is 55.6 Å². The fraction of sp³-hybridized carbons (Fsp3) is 0. The summed E-state index contributed by atoms with van der Waals surface area (Å²) in [5, 5.41) is 4.25. The van der Waals surface area contributed by atoms with Gasteiger partial charge in [0.05, 0.1) is 0 Å². The molecule has 0 saturated heterocycles. The van der Waals surface area contributed by atoms with Crippen LogP contribution in [-0.4, -0.2) is 4.98 Å². The third kappa shape index (κ3) is 4.15. The maximum atomic E-state index is 6.58. The first-order valence-corrected chi connectivity index (χ1v) is 16.0. The van der Waals surface area contributed by atoms with Gasteiger partial charge in [0.25, 0.3) is 0 Å². The van der Waals surface area contributed by atoms with Crippen LogP contribution >= 0.6 is 0 Å². The average molecular weight is 619 g/mol. The van der Waals surface area contributed by atoms with E-state index in [2.05, 4.69) is 95.9 Å². The number of benzene rings is 7. The summed E-state index contributed by atoms with van der Waals surface area (Å²) in [5.41, 5.74) is 11.1. The zero-order valence-electron chi connectivity index (χ0n) is 25.6. The quantitative estimate of drug-likeness (QED) is 0.192. The van der Waals surface area contributed by atoms with Crippen LogP contribution in [0.4, 0.5) is 17.1 Å². The smallest absolute Gasteiger partial charge is 0.228 e. The number of rotatable bonds is 5. The second kappa shape index (κ2) is 10.5. The van der Waals surface area contributed by atoms with Gasteiger partial charge >= 0.3 is 0 Å². The number of fused-ring (bicyclic) bond motifs is 7. The monoisotopic (exact) mass is 618 g/mol. The molecule has 0 atom stereocenters. The van der Waals surface area contributed by atoms with Crippen molar-refractivity contribution >= 4 is 72.0 Å². The second-order valence-electron chi connectivity index (χ2n) is 11.9. The largest absolute Gasteiger partial charge is 0.456 e. The molecule has 0 spiro atoms. The highest BCUT2D eigenvalue weighted by Gasteiger charge is 2.19. The average Bonchev–Trinajstić information content (AvgIpc) is 3.86. The standard InChI is InChI=1S/C43H26N2O3/c1-2-10-28(11-3-1)45(30-24-25-39-35(26-30)32-12-4-6-17-37(32)46-39)29-22-20-27(21-23-29)31-14-8-16-36-42(31)48-43(44-36)34-15-9-19-40-41(34)33-13-5-7-18-38(33)47-40/h1-26H. The minimum atomic E-state index is 0.573. The molecule has 10 rings (SSSR count). The second-order valence-corrected chi connectivity index (χ2v) is 11.9. The predicted molar refractivity (Wildman–Crippen MR) is 194 cm³/mol. The summed E-state index contributed by atoms with van der Waals surface area (Å²) >= 11 is 0. The fourth-order valence-electron chi connectivity index (χ4n) is 6.91. The number of hydrogen-bond donors (Lipinski definition) is 0. The van der Waals surface area contributed by atoms with Crippen LogP contribution in [0.5, 0.6) is 0 Å². The Kier molecular flexibility index (Phi) is 5.81. The molecule has 0 radical (unpaired) electrons. The lowest BCUT2D eigenvalue weighted by Gasteiger charge is -2.25. The minimum Gasteiger partial charge on any atom is -0.456 e. The van der Waals surface area contributed by atoms with E-state index in [0.29, 0.717) is 5.89 Å². The molecule has 10 aromatic rings. The molecule has 5 nitrogen and oxygen atoms in total. The SMILES string of the molecule is c1ccc(N(c2ccc(-c3cccc4nc(-c5cccc6oc7ccccc7c56)oc34)cc2)c2ccc3oc4ccccc4c3c2)cc1. The van der Waals surface area contributed by atoms with E-state index < -0.39 is 0 Å². The summed E-state index contributed by atoms with van der Waals surface area (Å²) in [7, 11) is 0. The number of aromatic nitrogens is 1. The van der Waals surface area contributed by atoms with Gasteiger partial charge in [0.1, 0.15) is 27.8 Å². The third-order valence-electron chi connectivity index (χ3n) is 9.12. The molecular weight excluding hydrogens is 592 g/mol. The predicted octanol–water partition coefficient (Wildman–Crippen LogP) is 12.4. The number of nitrogens with zero attached hydrogens (tertiary/aromatic N) is 2. The van der Waals surface area contributed by atoms with E-state index >= 15 is 0 Å².